The van der Waals surface area contributed by atoms with Gasteiger partial charge in [0.25, 0.3) is 11.6 Å². The van der Waals surface area contributed by atoms with Crippen LogP contribution in [0.5, 0.6) is 11.8 Å². The van der Waals surface area contributed by atoms with Crippen molar-refractivity contribution in [2.24, 2.45) is 0 Å². The molecule has 0 spiro atoms. The molecule has 0 radical (unpaired) electrons. The summed E-state index contributed by atoms with van der Waals surface area (Å²) in [5, 5.41) is 0. The van der Waals surface area contributed by atoms with Gasteiger partial charge in [-0.25, -0.2) is 0 Å². The van der Waals surface area contributed by atoms with E-state index in [0.717, 1.165) is 11.3 Å². The molecule has 28 heavy (non-hydrogen) atoms. The van der Waals surface area contributed by atoms with Crippen LogP contribution in [0, 0.1) is 0 Å². The van der Waals surface area contributed by atoms with E-state index in [2.05, 4.69) is 37.9 Å². The fraction of sp³-hybridized carbons (Fsp3) is 0.304. The van der Waals surface area contributed by atoms with Gasteiger partial charge >= 0.3 is 0 Å². The molecule has 2 heterocycles. The van der Waals surface area contributed by atoms with Gasteiger partial charge in [-0.2, -0.15) is 4.98 Å². The first-order valence-electron chi connectivity index (χ1n) is 9.47. The Morgan fingerprint density at radius 1 is 1.11 bits per heavy atom. The van der Waals surface area contributed by atoms with Crippen molar-refractivity contribution >= 4 is 0 Å². The van der Waals surface area contributed by atoms with Gasteiger partial charge in [-0.15, -0.1) is 0 Å². The fourth-order valence-electron chi connectivity index (χ4n) is 3.25. The van der Waals surface area contributed by atoms with Gasteiger partial charge < -0.3 is 9.47 Å². The van der Waals surface area contributed by atoms with Crippen molar-refractivity contribution in [2.45, 2.75) is 38.8 Å². The Bertz CT molecular complexity index is 1020. The lowest BCUT2D eigenvalue weighted by Crippen LogP contribution is -2.23. The molecule has 0 fully saturated rings. The van der Waals surface area contributed by atoms with Crippen LogP contribution in [-0.2, 0) is 12.0 Å². The number of benzene rings is 2. The van der Waals surface area contributed by atoms with E-state index in [0.29, 0.717) is 24.7 Å². The smallest absolute Gasteiger partial charge is 0.300 e. The summed E-state index contributed by atoms with van der Waals surface area (Å²) in [6.07, 6.45) is 1.64. The van der Waals surface area contributed by atoms with E-state index >= 15 is 0 Å². The van der Waals surface area contributed by atoms with E-state index in [1.54, 1.807) is 0 Å². The molecule has 1 atom stereocenters. The predicted molar refractivity (Wildman–Crippen MR) is 109 cm³/mol. The first kappa shape index (κ1) is 18.3. The zero-order chi connectivity index (χ0) is 19.7. The molecular weight excluding hydrogens is 352 g/mol. The van der Waals surface area contributed by atoms with Crippen molar-refractivity contribution in [3.8, 4) is 22.9 Å². The van der Waals surface area contributed by atoms with Crippen LogP contribution < -0.4 is 15.0 Å². The standard InChI is InChI=1S/C23H24N2O3/c1-23(2,3)17-9-11-18(12-10-17)27-15-19-13-25-14-20(16-7-5-4-6-8-16)21(26)24-22(25)28-19/h4-12,14,19H,13,15H2,1-3H3/t19-/m0/s1. The number of fused-ring (bicyclic) bond motifs is 1. The molecule has 3 aromatic rings. The second kappa shape index (κ2) is 7.15. The van der Waals surface area contributed by atoms with Crippen LogP contribution in [0.4, 0.5) is 0 Å². The maximum atomic E-state index is 12.3. The number of aromatic nitrogens is 2. The molecule has 5 heteroatoms. The minimum Gasteiger partial charge on any atom is -0.490 e. The van der Waals surface area contributed by atoms with E-state index in [4.69, 9.17) is 9.47 Å². The van der Waals surface area contributed by atoms with Crippen LogP contribution in [0.15, 0.2) is 65.6 Å². The summed E-state index contributed by atoms with van der Waals surface area (Å²) < 4.78 is 13.6. The number of ether oxygens (including phenoxy) is 2. The topological polar surface area (TPSA) is 53.4 Å². The minimum absolute atomic E-state index is 0.115. The monoisotopic (exact) mass is 376 g/mol. The largest absolute Gasteiger partial charge is 0.490 e. The van der Waals surface area contributed by atoms with Crippen molar-refractivity contribution < 1.29 is 9.47 Å². The Morgan fingerprint density at radius 3 is 2.50 bits per heavy atom. The average Bonchev–Trinajstić information content (AvgIpc) is 3.07. The van der Waals surface area contributed by atoms with Crippen molar-refractivity contribution in [2.75, 3.05) is 6.61 Å². The third-order valence-corrected chi connectivity index (χ3v) is 4.87. The molecule has 0 amide bonds. The zero-order valence-electron chi connectivity index (χ0n) is 16.4. The molecule has 1 aliphatic heterocycles. The molecule has 144 valence electrons. The van der Waals surface area contributed by atoms with Gasteiger partial charge in [0.1, 0.15) is 12.4 Å². The number of hydrogen-bond donors (Lipinski definition) is 0. The lowest BCUT2D eigenvalue weighted by molar-refractivity contribution is 0.143. The van der Waals surface area contributed by atoms with Gasteiger partial charge in [-0.1, -0.05) is 63.2 Å². The van der Waals surface area contributed by atoms with Crippen LogP contribution >= 0.6 is 0 Å². The van der Waals surface area contributed by atoms with Crippen molar-refractivity contribution in [3.05, 3.63) is 76.7 Å². The van der Waals surface area contributed by atoms with Gasteiger partial charge in [-0.3, -0.25) is 9.36 Å². The maximum Gasteiger partial charge on any atom is 0.300 e. The van der Waals surface area contributed by atoms with Crippen molar-refractivity contribution in [1.29, 1.82) is 0 Å². The van der Waals surface area contributed by atoms with Crippen molar-refractivity contribution in [3.63, 3.8) is 0 Å². The SMILES string of the molecule is CC(C)(C)c1ccc(OC[C@@H]2Cn3cc(-c4ccccc4)c(=O)nc3O2)cc1. The van der Waals surface area contributed by atoms with Crippen LogP contribution in [0.2, 0.25) is 0 Å². The molecular formula is C23H24N2O3. The lowest BCUT2D eigenvalue weighted by Gasteiger charge is -2.19. The van der Waals surface area contributed by atoms with Crippen molar-refractivity contribution in [1.82, 2.24) is 9.55 Å². The first-order valence-corrected chi connectivity index (χ1v) is 9.47. The summed E-state index contributed by atoms with van der Waals surface area (Å²) in [7, 11) is 0. The Morgan fingerprint density at radius 2 is 1.82 bits per heavy atom. The summed E-state index contributed by atoms with van der Waals surface area (Å²) >= 11 is 0. The van der Waals surface area contributed by atoms with E-state index in [1.165, 1.54) is 5.56 Å². The number of nitrogens with zero attached hydrogens (tertiary/aromatic N) is 2. The Kier molecular flexibility index (Phi) is 4.67. The van der Waals surface area contributed by atoms with Crippen LogP contribution in [0.1, 0.15) is 26.3 Å². The molecule has 0 saturated carbocycles. The highest BCUT2D eigenvalue weighted by Crippen LogP contribution is 2.25. The summed E-state index contributed by atoms with van der Waals surface area (Å²) in [6.45, 7) is 7.55. The first-order chi connectivity index (χ1) is 13.4. The normalized spacial score (nSPS) is 15.8. The van der Waals surface area contributed by atoms with E-state index in [-0.39, 0.29) is 17.1 Å². The predicted octanol–water partition coefficient (Wildman–Crippen LogP) is 4.05. The molecule has 0 N–H and O–H groups in total. The van der Waals surface area contributed by atoms with Gasteiger partial charge in [0.2, 0.25) is 0 Å². The Labute approximate surface area is 164 Å². The van der Waals surface area contributed by atoms with Gasteiger partial charge in [-0.05, 0) is 28.7 Å². The molecule has 2 aromatic carbocycles. The molecule has 0 bridgehead atoms. The molecule has 1 aliphatic rings. The van der Waals surface area contributed by atoms with Crippen LogP contribution in [-0.4, -0.2) is 22.3 Å². The molecule has 4 rings (SSSR count). The Hall–Kier alpha value is -3.08. The second-order valence-electron chi connectivity index (χ2n) is 8.09. The number of hydrogen-bond acceptors (Lipinski definition) is 4. The molecule has 0 aliphatic carbocycles. The highest BCUT2D eigenvalue weighted by Gasteiger charge is 2.25. The molecule has 5 nitrogen and oxygen atoms in total. The third-order valence-electron chi connectivity index (χ3n) is 4.87. The highest BCUT2D eigenvalue weighted by molar-refractivity contribution is 5.61. The van der Waals surface area contributed by atoms with E-state index in [9.17, 15) is 4.79 Å². The van der Waals surface area contributed by atoms with Gasteiger partial charge in [0.05, 0.1) is 12.1 Å². The van der Waals surface area contributed by atoms with Gasteiger partial charge in [0.15, 0.2) is 6.10 Å². The second-order valence-corrected chi connectivity index (χ2v) is 8.09. The van der Waals surface area contributed by atoms with E-state index < -0.39 is 0 Å². The maximum absolute atomic E-state index is 12.3. The number of rotatable bonds is 4. The average molecular weight is 376 g/mol. The summed E-state index contributed by atoms with van der Waals surface area (Å²) in [4.78, 5) is 16.4. The van der Waals surface area contributed by atoms with Crippen LogP contribution in [0.3, 0.4) is 0 Å². The fourth-order valence-corrected chi connectivity index (χ4v) is 3.25. The molecule has 1 aromatic heterocycles. The highest BCUT2D eigenvalue weighted by atomic mass is 16.6. The molecule has 0 unspecified atom stereocenters. The zero-order valence-corrected chi connectivity index (χ0v) is 16.4. The third kappa shape index (κ3) is 3.79. The quantitative estimate of drug-likeness (QED) is 0.689. The van der Waals surface area contributed by atoms with E-state index in [1.807, 2.05) is 53.2 Å². The molecule has 0 saturated heterocycles. The summed E-state index contributed by atoms with van der Waals surface area (Å²) in [5.74, 6) is 0.806. The van der Waals surface area contributed by atoms with Crippen LogP contribution in [0.25, 0.3) is 11.1 Å². The van der Waals surface area contributed by atoms with Gasteiger partial charge in [0, 0.05) is 6.20 Å². The lowest BCUT2D eigenvalue weighted by atomic mass is 9.87. The summed E-state index contributed by atoms with van der Waals surface area (Å²) in [5.41, 5.74) is 2.53. The minimum atomic E-state index is -0.281. The summed E-state index contributed by atoms with van der Waals surface area (Å²) in [6, 6.07) is 18.0. The Balaban J connectivity index is 1.43.